The summed E-state index contributed by atoms with van der Waals surface area (Å²) in [5.41, 5.74) is 0. The van der Waals surface area contributed by atoms with Crippen LogP contribution in [0.25, 0.3) is 0 Å². The van der Waals surface area contributed by atoms with Crippen molar-refractivity contribution in [2.45, 2.75) is 355 Å². The zero-order valence-electron chi connectivity index (χ0n) is 54.7. The van der Waals surface area contributed by atoms with Gasteiger partial charge in [0, 0.05) is 25.7 Å². The molecule has 17 nitrogen and oxygen atoms in total. The molecule has 5 atom stereocenters. The van der Waals surface area contributed by atoms with E-state index in [1.165, 1.54) is 154 Å². The van der Waals surface area contributed by atoms with Gasteiger partial charge in [0.2, 0.25) is 0 Å². The van der Waals surface area contributed by atoms with Gasteiger partial charge in [-0.25, -0.2) is 9.13 Å². The molecule has 0 heterocycles. The summed E-state index contributed by atoms with van der Waals surface area (Å²) in [6, 6.07) is 0. The SMILES string of the molecule is CCCCCCCCCCCCCCCCCCCC(=O)O[C@H](COC(=O)CCCCCCCCCCCCCC(C)C)COP(=O)(O)OC[C@@H](O)COP(=O)(O)OC[C@@H](COC(=O)CCCCCCC)OC(=O)CCCCCCCCCCC. The average molecular weight is 1260 g/mol. The van der Waals surface area contributed by atoms with Gasteiger partial charge in [0.05, 0.1) is 26.4 Å². The Balaban J connectivity index is 5.15. The van der Waals surface area contributed by atoms with Gasteiger partial charge in [-0.3, -0.25) is 37.3 Å². The number of carbonyl (C=O) groups excluding carboxylic acids is 4. The van der Waals surface area contributed by atoms with Gasteiger partial charge >= 0.3 is 39.5 Å². The Kier molecular flexibility index (Phi) is 58.3. The fraction of sp³-hybridized carbons (Fsp3) is 0.939. The van der Waals surface area contributed by atoms with Crippen molar-refractivity contribution < 1.29 is 80.2 Å². The number of phosphoric ester groups is 2. The molecule has 0 amide bonds. The third-order valence-corrected chi connectivity index (χ3v) is 17.2. The van der Waals surface area contributed by atoms with E-state index in [-0.39, 0.29) is 25.7 Å². The van der Waals surface area contributed by atoms with E-state index >= 15 is 0 Å². The van der Waals surface area contributed by atoms with Gasteiger partial charge < -0.3 is 33.8 Å². The second-order valence-electron chi connectivity index (χ2n) is 24.3. The third kappa shape index (κ3) is 60.7. The van der Waals surface area contributed by atoms with Crippen molar-refractivity contribution in [1.82, 2.24) is 0 Å². The highest BCUT2D eigenvalue weighted by atomic mass is 31.2. The van der Waals surface area contributed by atoms with E-state index in [4.69, 9.17) is 37.0 Å². The van der Waals surface area contributed by atoms with Crippen LogP contribution in [0, 0.1) is 5.92 Å². The topological polar surface area (TPSA) is 237 Å². The molecule has 0 spiro atoms. The molecule has 0 aliphatic carbocycles. The largest absolute Gasteiger partial charge is 0.472 e. The maximum Gasteiger partial charge on any atom is 0.472 e. The highest BCUT2D eigenvalue weighted by Gasteiger charge is 2.30. The van der Waals surface area contributed by atoms with Gasteiger partial charge in [0.1, 0.15) is 19.3 Å². The number of aliphatic hydroxyl groups is 1. The van der Waals surface area contributed by atoms with Crippen LogP contribution in [0.5, 0.6) is 0 Å². The molecule has 2 unspecified atom stereocenters. The average Bonchev–Trinajstić information content (AvgIpc) is 3.56. The van der Waals surface area contributed by atoms with E-state index < -0.39 is 97.5 Å². The predicted molar refractivity (Wildman–Crippen MR) is 340 cm³/mol. The Bertz CT molecular complexity index is 1650. The monoisotopic (exact) mass is 1250 g/mol. The van der Waals surface area contributed by atoms with Crippen molar-refractivity contribution in [2.75, 3.05) is 39.6 Å². The number of unbranched alkanes of at least 4 members (excludes halogenated alkanes) is 38. The number of esters is 4. The second kappa shape index (κ2) is 59.7. The summed E-state index contributed by atoms with van der Waals surface area (Å²) in [6.07, 6.45) is 44.8. The van der Waals surface area contributed by atoms with Gasteiger partial charge in [0.25, 0.3) is 0 Å². The number of carbonyl (C=O) groups is 4. The molecule has 0 bridgehead atoms. The molecule has 0 rings (SSSR count). The number of phosphoric acid groups is 2. The van der Waals surface area contributed by atoms with Gasteiger partial charge in [-0.2, -0.15) is 0 Å². The minimum Gasteiger partial charge on any atom is -0.462 e. The number of aliphatic hydroxyl groups excluding tert-OH is 1. The summed E-state index contributed by atoms with van der Waals surface area (Å²) in [7, 11) is -9.88. The van der Waals surface area contributed by atoms with Crippen molar-refractivity contribution in [3.63, 3.8) is 0 Å². The van der Waals surface area contributed by atoms with E-state index in [0.29, 0.717) is 25.7 Å². The zero-order valence-corrected chi connectivity index (χ0v) is 56.5. The van der Waals surface area contributed by atoms with Crippen LogP contribution in [0.15, 0.2) is 0 Å². The molecule has 0 saturated heterocycles. The molecular weight excluding hydrogens is 1130 g/mol. The molecule has 0 aromatic carbocycles. The molecule has 0 aliphatic heterocycles. The summed E-state index contributed by atoms with van der Waals surface area (Å²) in [4.78, 5) is 72.0. The quantitative estimate of drug-likeness (QED) is 0.0222. The minimum absolute atomic E-state index is 0.105. The summed E-state index contributed by atoms with van der Waals surface area (Å²) in [5, 5.41) is 10.5. The van der Waals surface area contributed by atoms with Crippen LogP contribution in [0.4, 0.5) is 0 Å². The van der Waals surface area contributed by atoms with Crippen molar-refractivity contribution >= 4 is 39.5 Å². The van der Waals surface area contributed by atoms with Crippen molar-refractivity contribution in [3.8, 4) is 0 Å². The third-order valence-electron chi connectivity index (χ3n) is 15.3. The Labute approximate surface area is 517 Å². The summed E-state index contributed by atoms with van der Waals surface area (Å²) in [5.74, 6) is -1.37. The van der Waals surface area contributed by atoms with Gasteiger partial charge in [0.15, 0.2) is 12.2 Å². The molecular formula is C66H128O17P2. The summed E-state index contributed by atoms with van der Waals surface area (Å²) in [6.45, 7) is 7.12. The Morgan fingerprint density at radius 1 is 0.318 bits per heavy atom. The van der Waals surface area contributed by atoms with Crippen molar-refractivity contribution in [3.05, 3.63) is 0 Å². The first-order valence-corrected chi connectivity index (χ1v) is 37.6. The van der Waals surface area contributed by atoms with Crippen LogP contribution >= 0.6 is 15.6 Å². The summed E-state index contributed by atoms with van der Waals surface area (Å²) >= 11 is 0. The number of ether oxygens (including phenoxy) is 4. The lowest BCUT2D eigenvalue weighted by atomic mass is 10.0. The first kappa shape index (κ1) is 83.1. The van der Waals surface area contributed by atoms with Gasteiger partial charge in [-0.05, 0) is 31.6 Å². The van der Waals surface area contributed by atoms with Crippen LogP contribution in [-0.2, 0) is 65.4 Å². The van der Waals surface area contributed by atoms with E-state index in [1.54, 1.807) is 0 Å². The Hall–Kier alpha value is -1.94. The molecule has 19 heteroatoms. The summed E-state index contributed by atoms with van der Waals surface area (Å²) < 4.78 is 67.9. The van der Waals surface area contributed by atoms with Crippen molar-refractivity contribution in [1.29, 1.82) is 0 Å². The molecule has 3 N–H and O–H groups in total. The molecule has 0 aromatic heterocycles. The maximum absolute atomic E-state index is 13.0. The second-order valence-corrected chi connectivity index (χ2v) is 27.2. The predicted octanol–water partition coefficient (Wildman–Crippen LogP) is 18.6. The van der Waals surface area contributed by atoms with Crippen LogP contribution in [0.3, 0.4) is 0 Å². The number of hydrogen-bond donors (Lipinski definition) is 3. The molecule has 0 aliphatic rings. The fourth-order valence-electron chi connectivity index (χ4n) is 9.94. The molecule has 0 saturated carbocycles. The lowest BCUT2D eigenvalue weighted by Gasteiger charge is -2.21. The van der Waals surface area contributed by atoms with E-state index in [0.717, 1.165) is 102 Å². The van der Waals surface area contributed by atoms with Crippen LogP contribution in [0.2, 0.25) is 0 Å². The van der Waals surface area contributed by atoms with Crippen LogP contribution in [0.1, 0.15) is 336 Å². The van der Waals surface area contributed by atoms with Crippen LogP contribution < -0.4 is 0 Å². The van der Waals surface area contributed by atoms with Crippen LogP contribution in [-0.4, -0.2) is 96.7 Å². The lowest BCUT2D eigenvalue weighted by Crippen LogP contribution is -2.30. The standard InChI is InChI=1S/C66H128O17P2/c1-6-9-12-15-17-19-20-21-22-23-24-25-28-33-37-42-47-52-66(71)83-62(56-77-64(69)50-45-40-35-32-29-26-27-31-34-39-43-48-59(4)5)58-81-85(74,75)79-54-60(67)53-78-84(72,73)80-57-61(55-76-63(68)49-44-38-14-11-8-3)82-65(70)51-46-41-36-30-18-16-13-10-7-2/h59-62,67H,6-58H2,1-5H3,(H,72,73)(H,74,75)/t60-,61+,62+/m0/s1. The maximum atomic E-state index is 13.0. The van der Waals surface area contributed by atoms with E-state index in [1.807, 2.05) is 0 Å². The molecule has 504 valence electrons. The molecule has 85 heavy (non-hydrogen) atoms. The van der Waals surface area contributed by atoms with Crippen molar-refractivity contribution in [2.24, 2.45) is 5.92 Å². The Morgan fingerprint density at radius 2 is 0.541 bits per heavy atom. The first-order valence-electron chi connectivity index (χ1n) is 34.6. The molecule has 0 aromatic rings. The van der Waals surface area contributed by atoms with Gasteiger partial charge in [-0.15, -0.1) is 0 Å². The molecule has 0 fully saturated rings. The van der Waals surface area contributed by atoms with Gasteiger partial charge in [-0.1, -0.05) is 285 Å². The zero-order chi connectivity index (χ0) is 62.8. The van der Waals surface area contributed by atoms with E-state index in [9.17, 15) is 43.2 Å². The Morgan fingerprint density at radius 3 is 0.800 bits per heavy atom. The lowest BCUT2D eigenvalue weighted by molar-refractivity contribution is -0.161. The highest BCUT2D eigenvalue weighted by molar-refractivity contribution is 7.47. The highest BCUT2D eigenvalue weighted by Crippen LogP contribution is 2.45. The number of hydrogen-bond acceptors (Lipinski definition) is 15. The normalized spacial score (nSPS) is 14.2. The van der Waals surface area contributed by atoms with E-state index in [2.05, 4.69) is 34.6 Å². The molecule has 0 radical (unpaired) electrons. The first-order chi connectivity index (χ1) is 41.0. The minimum atomic E-state index is -4.95. The fourth-order valence-corrected chi connectivity index (χ4v) is 11.5. The number of rotatable bonds is 66. The smallest absolute Gasteiger partial charge is 0.462 e.